The van der Waals surface area contributed by atoms with Crippen LogP contribution in [-0.2, 0) is 19.9 Å². The Kier molecular flexibility index (Phi) is 6.97. The number of carbonyl (C=O) groups excluding carboxylic acids is 2. The fourth-order valence-electron chi connectivity index (χ4n) is 5.02. The van der Waals surface area contributed by atoms with Gasteiger partial charge in [-0.15, -0.1) is 0 Å². The van der Waals surface area contributed by atoms with Crippen LogP contribution in [0.4, 0.5) is 10.5 Å². The van der Waals surface area contributed by atoms with Crippen LogP contribution >= 0.6 is 11.6 Å². The first kappa shape index (κ1) is 26.6. The van der Waals surface area contributed by atoms with Crippen LogP contribution in [0.2, 0.25) is 5.02 Å². The van der Waals surface area contributed by atoms with Gasteiger partial charge in [0.2, 0.25) is 5.71 Å². The Morgan fingerprint density at radius 1 is 0.976 bits per heavy atom. The van der Waals surface area contributed by atoms with Gasteiger partial charge in [0.15, 0.2) is 5.76 Å². The van der Waals surface area contributed by atoms with E-state index in [1.165, 1.54) is 0 Å². The van der Waals surface area contributed by atoms with Crippen molar-refractivity contribution in [1.82, 2.24) is 4.98 Å². The van der Waals surface area contributed by atoms with Crippen molar-refractivity contribution in [3.05, 3.63) is 107 Å². The van der Waals surface area contributed by atoms with Crippen molar-refractivity contribution >= 4 is 41.0 Å². The molecule has 0 aliphatic heterocycles. The first-order valence-corrected chi connectivity index (χ1v) is 13.7. The van der Waals surface area contributed by atoms with E-state index in [-0.39, 0.29) is 0 Å². The van der Waals surface area contributed by atoms with Gasteiger partial charge in [-0.05, 0) is 61.6 Å². The van der Waals surface area contributed by atoms with Crippen LogP contribution < -0.4 is 5.32 Å². The number of aryl methyl sites for hydroxylation is 1. The molecule has 0 radical (unpaired) electrons. The topological polar surface area (TPSA) is 90.7 Å². The molecule has 1 N–H and O–H groups in total. The Labute approximate surface area is 242 Å². The van der Waals surface area contributed by atoms with E-state index >= 15 is 0 Å². The zero-order valence-corrected chi connectivity index (χ0v) is 23.3. The van der Waals surface area contributed by atoms with Crippen molar-refractivity contribution in [3.8, 4) is 22.5 Å². The third-order valence-electron chi connectivity index (χ3n) is 7.42. The Hall–Kier alpha value is -4.62. The first-order valence-electron chi connectivity index (χ1n) is 13.3. The van der Waals surface area contributed by atoms with Gasteiger partial charge in [0.05, 0.1) is 5.39 Å². The molecule has 2 heterocycles. The molecule has 1 amide bonds. The molecular formula is C33H27ClN2O5. The molecule has 2 aromatic heterocycles. The van der Waals surface area contributed by atoms with Gasteiger partial charge >= 0.3 is 6.09 Å². The highest BCUT2D eigenvalue weighted by Gasteiger charge is 2.46. The van der Waals surface area contributed by atoms with Crippen LogP contribution in [-0.4, -0.2) is 17.5 Å². The number of aromatic nitrogens is 1. The number of fused-ring (bicyclic) bond motifs is 1. The lowest BCUT2D eigenvalue weighted by Gasteiger charge is -2.15. The Morgan fingerprint density at radius 2 is 1.63 bits per heavy atom. The highest BCUT2D eigenvalue weighted by molar-refractivity contribution is 6.31. The molecular weight excluding hydrogens is 540 g/mol. The molecule has 1 atom stereocenters. The van der Waals surface area contributed by atoms with E-state index in [1.54, 1.807) is 13.0 Å². The summed E-state index contributed by atoms with van der Waals surface area (Å²) >= 11 is 6.29. The molecule has 0 unspecified atom stereocenters. The smallest absolute Gasteiger partial charge is 0.412 e. The third-order valence-corrected chi connectivity index (χ3v) is 7.76. The van der Waals surface area contributed by atoms with Crippen LogP contribution in [0.15, 0.2) is 89.3 Å². The summed E-state index contributed by atoms with van der Waals surface area (Å²) in [6, 6.07) is 26.9. The number of nitrogens with one attached hydrogen (secondary N) is 1. The molecule has 206 valence electrons. The number of anilines is 1. The molecule has 1 aliphatic carbocycles. The van der Waals surface area contributed by atoms with Crippen molar-refractivity contribution in [2.45, 2.75) is 38.4 Å². The highest BCUT2D eigenvalue weighted by atomic mass is 35.5. The van der Waals surface area contributed by atoms with Crippen LogP contribution in [0.25, 0.3) is 33.6 Å². The molecule has 8 heteroatoms. The van der Waals surface area contributed by atoms with E-state index in [2.05, 4.69) is 10.3 Å². The number of ether oxygens (including phenoxy) is 2. The van der Waals surface area contributed by atoms with Crippen LogP contribution in [0.3, 0.4) is 0 Å². The summed E-state index contributed by atoms with van der Waals surface area (Å²) < 4.78 is 17.1. The van der Waals surface area contributed by atoms with Crippen molar-refractivity contribution in [3.63, 3.8) is 0 Å². The number of hydrogen-bond donors (Lipinski definition) is 1. The monoisotopic (exact) mass is 566 g/mol. The van der Waals surface area contributed by atoms with Crippen molar-refractivity contribution in [2.24, 2.45) is 0 Å². The lowest BCUT2D eigenvalue weighted by molar-refractivity contribution is -0.136. The molecule has 7 nitrogen and oxygen atoms in total. The molecule has 5 aromatic rings. The average Bonchev–Trinajstić information content (AvgIpc) is 3.68. The number of halogens is 1. The van der Waals surface area contributed by atoms with Gasteiger partial charge < -0.3 is 13.9 Å². The zero-order chi connectivity index (χ0) is 28.6. The highest BCUT2D eigenvalue weighted by Crippen LogP contribution is 2.49. The largest absolute Gasteiger partial charge is 0.456 e. The summed E-state index contributed by atoms with van der Waals surface area (Å²) in [5, 5.41) is 4.07. The van der Waals surface area contributed by atoms with Crippen LogP contribution in [0.1, 0.15) is 42.7 Å². The van der Waals surface area contributed by atoms with E-state index in [4.69, 9.17) is 25.5 Å². The number of rotatable bonds is 8. The van der Waals surface area contributed by atoms with Crippen LogP contribution in [0, 0.1) is 6.92 Å². The molecule has 1 saturated carbocycles. The minimum absolute atomic E-state index is 0.417. The minimum atomic E-state index is -0.634. The fourth-order valence-corrected chi connectivity index (χ4v) is 5.31. The average molecular weight is 567 g/mol. The second-order valence-electron chi connectivity index (χ2n) is 10.2. The lowest BCUT2D eigenvalue weighted by atomic mass is 9.99. The van der Waals surface area contributed by atoms with Crippen molar-refractivity contribution in [2.75, 3.05) is 5.32 Å². The number of benzene rings is 3. The maximum absolute atomic E-state index is 13.0. The van der Waals surface area contributed by atoms with Gasteiger partial charge in [0, 0.05) is 21.8 Å². The van der Waals surface area contributed by atoms with Gasteiger partial charge in [-0.3, -0.25) is 10.1 Å². The number of hydrogen-bond acceptors (Lipinski definition) is 6. The summed E-state index contributed by atoms with van der Waals surface area (Å²) in [7, 11) is 0. The summed E-state index contributed by atoms with van der Waals surface area (Å²) in [6.07, 6.45) is 0.491. The quantitative estimate of drug-likeness (QED) is 0.189. The van der Waals surface area contributed by atoms with Crippen molar-refractivity contribution < 1.29 is 23.5 Å². The fraction of sp³-hybridized carbons (Fsp3) is 0.182. The first-order chi connectivity index (χ1) is 19.9. The molecule has 0 bridgehead atoms. The standard InChI is InChI=1S/C33H27ClN2O5/c1-20-7-16-27-29(36-32(38)40-21(2)26-5-3-4-6-28(26)34)30(41-31(27)35-20)24-10-8-22(9-11-24)23-12-14-25(15-13-23)33(17-18-33)39-19-37/h3-16,19,21H,17-18H2,1-2H3,(H,36,38)/t21-/m1/s1. The maximum atomic E-state index is 13.0. The Morgan fingerprint density at radius 3 is 2.29 bits per heavy atom. The normalized spacial score (nSPS) is 14.3. The number of furan rings is 1. The van der Waals surface area contributed by atoms with Gasteiger partial charge in [-0.2, -0.15) is 0 Å². The maximum Gasteiger partial charge on any atom is 0.412 e. The molecule has 0 spiro atoms. The number of pyridine rings is 1. The second kappa shape index (κ2) is 10.7. The Balaban J connectivity index is 1.27. The molecule has 41 heavy (non-hydrogen) atoms. The van der Waals surface area contributed by atoms with E-state index in [0.29, 0.717) is 39.6 Å². The van der Waals surface area contributed by atoms with Crippen molar-refractivity contribution in [1.29, 1.82) is 0 Å². The zero-order valence-electron chi connectivity index (χ0n) is 22.5. The molecule has 3 aromatic carbocycles. The van der Waals surface area contributed by atoms with E-state index in [1.807, 2.05) is 85.8 Å². The number of amides is 1. The number of nitrogens with zero attached hydrogens (tertiary/aromatic N) is 1. The summed E-state index contributed by atoms with van der Waals surface area (Å²) in [4.78, 5) is 28.4. The Bertz CT molecular complexity index is 1740. The SMILES string of the molecule is Cc1ccc2c(NC(=O)O[C@H](C)c3ccccc3Cl)c(-c3ccc(-c4ccc(C5(OC=O)CC5)cc4)cc3)oc2n1. The lowest BCUT2D eigenvalue weighted by Crippen LogP contribution is -2.16. The number of carbonyl (C=O) groups is 2. The van der Waals surface area contributed by atoms with Gasteiger partial charge in [-0.25, -0.2) is 9.78 Å². The minimum Gasteiger partial charge on any atom is -0.456 e. The molecule has 6 rings (SSSR count). The molecule has 0 saturated heterocycles. The predicted octanol–water partition coefficient (Wildman–Crippen LogP) is 8.60. The predicted molar refractivity (Wildman–Crippen MR) is 158 cm³/mol. The third kappa shape index (κ3) is 5.28. The van der Waals surface area contributed by atoms with E-state index < -0.39 is 17.8 Å². The van der Waals surface area contributed by atoms with Gasteiger partial charge in [0.1, 0.15) is 17.4 Å². The van der Waals surface area contributed by atoms with Crippen LogP contribution in [0.5, 0.6) is 0 Å². The molecule has 1 fully saturated rings. The van der Waals surface area contributed by atoms with E-state index in [9.17, 15) is 9.59 Å². The summed E-state index contributed by atoms with van der Waals surface area (Å²) in [5.74, 6) is 0.476. The second-order valence-corrected chi connectivity index (χ2v) is 10.6. The van der Waals surface area contributed by atoms with Gasteiger partial charge in [-0.1, -0.05) is 78.3 Å². The summed E-state index contributed by atoms with van der Waals surface area (Å²) in [6.45, 7) is 4.17. The van der Waals surface area contributed by atoms with Gasteiger partial charge in [0.25, 0.3) is 6.47 Å². The summed E-state index contributed by atoms with van der Waals surface area (Å²) in [5.41, 5.74) is 5.75. The molecule has 1 aliphatic rings. The van der Waals surface area contributed by atoms with E-state index in [0.717, 1.165) is 40.8 Å².